The molecule has 0 unspecified atom stereocenters. The molecule has 2 aromatic rings. The van der Waals surface area contributed by atoms with E-state index in [9.17, 15) is 0 Å². The molecule has 4 heteroatoms. The predicted molar refractivity (Wildman–Crippen MR) is 40.2 cm³/mol. The first-order valence-corrected chi connectivity index (χ1v) is 3.55. The van der Waals surface area contributed by atoms with Gasteiger partial charge in [-0.2, -0.15) is 9.61 Å². The number of hydrogen-bond donors (Lipinski definition) is 0. The lowest BCUT2D eigenvalue weighted by Gasteiger charge is -1.96. The molecule has 56 valence electrons. The van der Waals surface area contributed by atoms with Gasteiger partial charge in [-0.25, -0.2) is 9.97 Å². The number of rotatable bonds is 1. The zero-order chi connectivity index (χ0) is 7.68. The highest BCUT2D eigenvalue weighted by atomic mass is 15.3. The Bertz CT molecular complexity index is 365. The van der Waals surface area contributed by atoms with Gasteiger partial charge in [-0.05, 0) is 0 Å². The summed E-state index contributed by atoms with van der Waals surface area (Å²) < 4.78 is 1.75. The van der Waals surface area contributed by atoms with Crippen molar-refractivity contribution in [2.24, 2.45) is 0 Å². The van der Waals surface area contributed by atoms with Gasteiger partial charge in [-0.3, -0.25) is 0 Å². The summed E-state index contributed by atoms with van der Waals surface area (Å²) in [5.41, 5.74) is 0.858. The van der Waals surface area contributed by atoms with Crippen molar-refractivity contribution in [3.05, 3.63) is 24.4 Å². The molecule has 0 bridgehead atoms. The molecular formula is C7H8N4. The molecule has 0 saturated carbocycles. The number of nitrogens with zero attached hydrogens (tertiary/aromatic N) is 4. The maximum absolute atomic E-state index is 4.16. The van der Waals surface area contributed by atoms with E-state index in [1.165, 1.54) is 6.33 Å². The lowest BCUT2D eigenvalue weighted by Crippen LogP contribution is -1.99. The molecule has 0 aromatic carbocycles. The fourth-order valence-electron chi connectivity index (χ4n) is 1.05. The van der Waals surface area contributed by atoms with Crippen molar-refractivity contribution in [1.29, 1.82) is 0 Å². The molecule has 0 aliphatic heterocycles. The van der Waals surface area contributed by atoms with Crippen molar-refractivity contribution in [1.82, 2.24) is 19.6 Å². The molecule has 0 amide bonds. The predicted octanol–water partition coefficient (Wildman–Crippen LogP) is 0.687. The zero-order valence-electron chi connectivity index (χ0n) is 6.23. The van der Waals surface area contributed by atoms with Crippen LogP contribution in [0.3, 0.4) is 0 Å². The fourth-order valence-corrected chi connectivity index (χ4v) is 1.05. The van der Waals surface area contributed by atoms with E-state index in [-0.39, 0.29) is 0 Å². The van der Waals surface area contributed by atoms with E-state index >= 15 is 0 Å². The summed E-state index contributed by atoms with van der Waals surface area (Å²) in [4.78, 5) is 8.20. The van der Waals surface area contributed by atoms with E-state index < -0.39 is 0 Å². The molecule has 0 saturated heterocycles. The Morgan fingerprint density at radius 3 is 3.18 bits per heavy atom. The van der Waals surface area contributed by atoms with Crippen LogP contribution < -0.4 is 0 Å². The van der Waals surface area contributed by atoms with Crippen LogP contribution in [-0.4, -0.2) is 19.6 Å². The van der Waals surface area contributed by atoms with Crippen LogP contribution in [0.2, 0.25) is 0 Å². The molecular weight excluding hydrogens is 140 g/mol. The maximum Gasteiger partial charge on any atom is 0.158 e. The van der Waals surface area contributed by atoms with E-state index in [0.29, 0.717) is 0 Å². The molecule has 2 heterocycles. The van der Waals surface area contributed by atoms with Gasteiger partial charge in [0, 0.05) is 18.7 Å². The van der Waals surface area contributed by atoms with Gasteiger partial charge in [0.05, 0.1) is 0 Å². The Morgan fingerprint density at radius 2 is 2.36 bits per heavy atom. The van der Waals surface area contributed by atoms with Crippen LogP contribution in [0.4, 0.5) is 0 Å². The monoisotopic (exact) mass is 148 g/mol. The van der Waals surface area contributed by atoms with Crippen molar-refractivity contribution in [3.63, 3.8) is 0 Å². The van der Waals surface area contributed by atoms with Crippen molar-refractivity contribution in [3.8, 4) is 0 Å². The van der Waals surface area contributed by atoms with E-state index in [2.05, 4.69) is 15.1 Å². The van der Waals surface area contributed by atoms with Gasteiger partial charge in [0.2, 0.25) is 0 Å². The van der Waals surface area contributed by atoms with E-state index in [4.69, 9.17) is 0 Å². The first-order valence-electron chi connectivity index (χ1n) is 3.55. The molecule has 0 spiro atoms. The van der Waals surface area contributed by atoms with Crippen molar-refractivity contribution >= 4 is 5.65 Å². The minimum atomic E-state index is 0.858. The van der Waals surface area contributed by atoms with Crippen LogP contribution in [-0.2, 0) is 6.42 Å². The first-order chi connectivity index (χ1) is 5.42. The average Bonchev–Trinajstić information content (AvgIpc) is 2.50. The lowest BCUT2D eigenvalue weighted by molar-refractivity contribution is 0.811. The Labute approximate surface area is 63.9 Å². The van der Waals surface area contributed by atoms with Gasteiger partial charge >= 0.3 is 0 Å². The Kier molecular flexibility index (Phi) is 1.31. The van der Waals surface area contributed by atoms with Gasteiger partial charge < -0.3 is 0 Å². The second-order valence-electron chi connectivity index (χ2n) is 2.24. The molecule has 0 atom stereocenters. The summed E-state index contributed by atoms with van der Waals surface area (Å²) >= 11 is 0. The van der Waals surface area contributed by atoms with Crippen molar-refractivity contribution in [2.45, 2.75) is 13.3 Å². The lowest BCUT2D eigenvalue weighted by atomic mass is 10.4. The fraction of sp³-hybridized carbons (Fsp3) is 0.286. The van der Waals surface area contributed by atoms with Gasteiger partial charge in [-0.1, -0.05) is 6.92 Å². The van der Waals surface area contributed by atoms with Gasteiger partial charge in [0.1, 0.15) is 12.2 Å². The van der Waals surface area contributed by atoms with E-state index in [1.807, 2.05) is 13.0 Å². The minimum Gasteiger partial charge on any atom is -0.241 e. The smallest absolute Gasteiger partial charge is 0.158 e. The topological polar surface area (TPSA) is 43.1 Å². The highest BCUT2D eigenvalue weighted by Crippen LogP contribution is 1.99. The summed E-state index contributed by atoms with van der Waals surface area (Å²) in [6.07, 6.45) is 4.17. The average molecular weight is 148 g/mol. The highest BCUT2D eigenvalue weighted by molar-refractivity contribution is 5.34. The largest absolute Gasteiger partial charge is 0.241 e. The van der Waals surface area contributed by atoms with Gasteiger partial charge in [-0.15, -0.1) is 0 Å². The van der Waals surface area contributed by atoms with E-state index in [1.54, 1.807) is 10.7 Å². The van der Waals surface area contributed by atoms with Crippen molar-refractivity contribution in [2.75, 3.05) is 0 Å². The van der Waals surface area contributed by atoms with E-state index in [0.717, 1.165) is 17.9 Å². The Morgan fingerprint density at radius 1 is 1.45 bits per heavy atom. The summed E-state index contributed by atoms with van der Waals surface area (Å²) in [5, 5.41) is 4.03. The van der Waals surface area contributed by atoms with Crippen LogP contribution in [0.1, 0.15) is 12.7 Å². The number of aromatic nitrogens is 4. The number of aryl methyl sites for hydroxylation is 1. The normalized spacial score (nSPS) is 10.6. The molecule has 0 aliphatic rings. The summed E-state index contributed by atoms with van der Waals surface area (Å²) in [5.74, 6) is 0.944. The molecule has 0 aliphatic carbocycles. The molecule has 0 N–H and O–H groups in total. The molecule has 2 aromatic heterocycles. The van der Waals surface area contributed by atoms with Crippen LogP contribution >= 0.6 is 0 Å². The van der Waals surface area contributed by atoms with Crippen LogP contribution in [0.25, 0.3) is 5.65 Å². The minimum absolute atomic E-state index is 0.858. The van der Waals surface area contributed by atoms with Crippen LogP contribution in [0.15, 0.2) is 18.6 Å². The van der Waals surface area contributed by atoms with Crippen molar-refractivity contribution < 1.29 is 0 Å². The molecule has 2 rings (SSSR count). The second kappa shape index (κ2) is 2.30. The van der Waals surface area contributed by atoms with Gasteiger partial charge in [0.25, 0.3) is 0 Å². The number of hydrogen-bond acceptors (Lipinski definition) is 3. The van der Waals surface area contributed by atoms with Gasteiger partial charge in [0.15, 0.2) is 5.65 Å². The van der Waals surface area contributed by atoms with Crippen LogP contribution in [0.5, 0.6) is 0 Å². The van der Waals surface area contributed by atoms with Crippen LogP contribution in [0, 0.1) is 0 Å². The summed E-state index contributed by atoms with van der Waals surface area (Å²) in [6.45, 7) is 2.05. The third-order valence-corrected chi connectivity index (χ3v) is 1.58. The second-order valence-corrected chi connectivity index (χ2v) is 2.24. The molecule has 11 heavy (non-hydrogen) atoms. The summed E-state index contributed by atoms with van der Waals surface area (Å²) in [7, 11) is 0. The standard InChI is InChI=1S/C7H8N4/c1-2-6-8-4-3-7-9-5-10-11(6)7/h3-5H,2H2,1H3. The highest BCUT2D eigenvalue weighted by Gasteiger charge is 1.98. The molecule has 0 fully saturated rings. The number of fused-ring (bicyclic) bond motifs is 1. The maximum atomic E-state index is 4.16. The SMILES string of the molecule is CCc1nccc2ncnn12. The molecule has 0 radical (unpaired) electrons. The summed E-state index contributed by atoms with van der Waals surface area (Å²) in [6, 6.07) is 1.84. The molecule has 4 nitrogen and oxygen atoms in total. The zero-order valence-corrected chi connectivity index (χ0v) is 6.23. The Balaban J connectivity index is 2.79. The third kappa shape index (κ3) is 0.869. The third-order valence-electron chi connectivity index (χ3n) is 1.58. The Hall–Kier alpha value is -1.45. The quantitative estimate of drug-likeness (QED) is 0.597. The first kappa shape index (κ1) is 6.27.